The van der Waals surface area contributed by atoms with E-state index < -0.39 is 8.07 Å². The second kappa shape index (κ2) is 10.6. The lowest BCUT2D eigenvalue weighted by Gasteiger charge is -2.32. The Morgan fingerprint density at radius 2 is 1.76 bits per heavy atom. The largest absolute Gasteiger partial charge is 0.497 e. The van der Waals surface area contributed by atoms with Crippen molar-refractivity contribution < 1.29 is 4.74 Å². The number of likely N-dealkylation sites (tertiary alicyclic amines) is 1. The monoisotopic (exact) mass is 472 g/mol. The third kappa shape index (κ3) is 6.16. The summed E-state index contributed by atoms with van der Waals surface area (Å²) in [6.07, 6.45) is 3.03. The first kappa shape index (κ1) is 24.2. The Morgan fingerprint density at radius 1 is 1.03 bits per heavy atom. The number of hydrogen-bond acceptors (Lipinski definition) is 5. The van der Waals surface area contributed by atoms with Gasteiger partial charge >= 0.3 is 0 Å². The van der Waals surface area contributed by atoms with E-state index in [2.05, 4.69) is 94.8 Å². The molecule has 5 nitrogen and oxygen atoms in total. The van der Waals surface area contributed by atoms with E-state index in [9.17, 15) is 0 Å². The van der Waals surface area contributed by atoms with Crippen molar-refractivity contribution in [1.29, 1.82) is 0 Å². The molecule has 2 aromatic carbocycles. The molecule has 0 bridgehead atoms. The molecule has 1 saturated heterocycles. The first-order chi connectivity index (χ1) is 16.3. The van der Waals surface area contributed by atoms with Crippen molar-refractivity contribution in [2.75, 3.05) is 25.5 Å². The van der Waals surface area contributed by atoms with Crippen LogP contribution in [0.2, 0.25) is 19.6 Å². The second-order valence-corrected chi connectivity index (χ2v) is 14.9. The molecule has 6 heteroatoms. The number of aromatic nitrogens is 2. The highest BCUT2D eigenvalue weighted by atomic mass is 28.3. The maximum absolute atomic E-state index is 5.46. The van der Waals surface area contributed by atoms with E-state index in [1.165, 1.54) is 5.56 Å². The molecule has 1 fully saturated rings. The van der Waals surface area contributed by atoms with Crippen molar-refractivity contribution >= 4 is 24.7 Å². The molecule has 0 unspecified atom stereocenters. The van der Waals surface area contributed by atoms with Crippen molar-refractivity contribution in [3.05, 3.63) is 59.3 Å². The molecule has 178 valence electrons. The highest BCUT2D eigenvalue weighted by Gasteiger charge is 2.21. The van der Waals surface area contributed by atoms with Gasteiger partial charge in [0.15, 0.2) is 5.82 Å². The van der Waals surface area contributed by atoms with Gasteiger partial charge in [0.25, 0.3) is 0 Å². The number of aryl methyl sites for hydroxylation is 1. The Morgan fingerprint density at radius 3 is 2.41 bits per heavy atom. The lowest BCUT2D eigenvalue weighted by Crippen LogP contribution is -2.38. The maximum Gasteiger partial charge on any atom is 0.156 e. The standard InChI is InChI=1S/C28H36N4OSi/c1-6-27-25-12-11-24(33-2)19-26(25)28(31-30-27)29-23-13-16-32(17-14-23)20-22-9-7-21(8-10-22)15-18-34(3,4)5/h7-12,19,23H,6,13-14,16-17,20H2,1-5H3,(H,29,31). The van der Waals surface area contributed by atoms with E-state index in [0.29, 0.717) is 6.04 Å². The van der Waals surface area contributed by atoms with Gasteiger partial charge < -0.3 is 10.1 Å². The summed E-state index contributed by atoms with van der Waals surface area (Å²) in [6.45, 7) is 12.1. The van der Waals surface area contributed by atoms with Crippen LogP contribution >= 0.6 is 0 Å². The minimum Gasteiger partial charge on any atom is -0.497 e. The van der Waals surface area contributed by atoms with Crippen LogP contribution in [-0.4, -0.2) is 49.4 Å². The van der Waals surface area contributed by atoms with Crippen LogP contribution in [0.25, 0.3) is 10.8 Å². The van der Waals surface area contributed by atoms with E-state index in [1.807, 2.05) is 6.07 Å². The number of nitrogens with zero attached hydrogens (tertiary/aromatic N) is 3. The van der Waals surface area contributed by atoms with Crippen molar-refractivity contribution in [3.63, 3.8) is 0 Å². The fourth-order valence-electron chi connectivity index (χ4n) is 4.32. The minimum absolute atomic E-state index is 0.395. The van der Waals surface area contributed by atoms with E-state index in [4.69, 9.17) is 4.74 Å². The SMILES string of the molecule is CCc1nnc(NC2CCN(Cc3ccc(C#C[Si](C)(C)C)cc3)CC2)c2cc(OC)ccc12. The molecule has 0 amide bonds. The topological polar surface area (TPSA) is 50.3 Å². The molecule has 4 rings (SSSR count). The highest BCUT2D eigenvalue weighted by Crippen LogP contribution is 2.29. The summed E-state index contributed by atoms with van der Waals surface area (Å²) in [7, 11) is 0.363. The van der Waals surface area contributed by atoms with Crippen LogP contribution in [0.5, 0.6) is 5.75 Å². The summed E-state index contributed by atoms with van der Waals surface area (Å²) < 4.78 is 5.46. The minimum atomic E-state index is -1.34. The van der Waals surface area contributed by atoms with E-state index in [1.54, 1.807) is 7.11 Å². The summed E-state index contributed by atoms with van der Waals surface area (Å²) in [5.74, 6) is 5.05. The molecule has 0 aliphatic carbocycles. The second-order valence-electron chi connectivity index (χ2n) is 10.2. The Labute approximate surface area is 204 Å². The predicted molar refractivity (Wildman–Crippen MR) is 144 cm³/mol. The van der Waals surface area contributed by atoms with Gasteiger partial charge in [-0.1, -0.05) is 44.6 Å². The third-order valence-corrected chi connectivity index (χ3v) is 7.14. The third-order valence-electron chi connectivity index (χ3n) is 6.27. The summed E-state index contributed by atoms with van der Waals surface area (Å²) in [4.78, 5) is 2.54. The zero-order valence-corrected chi connectivity index (χ0v) is 22.1. The van der Waals surface area contributed by atoms with E-state index >= 15 is 0 Å². The molecule has 1 aliphatic rings. The van der Waals surface area contributed by atoms with Gasteiger partial charge in [-0.15, -0.1) is 10.6 Å². The van der Waals surface area contributed by atoms with Crippen LogP contribution in [0.1, 0.15) is 36.6 Å². The molecule has 0 atom stereocenters. The molecule has 34 heavy (non-hydrogen) atoms. The summed E-state index contributed by atoms with van der Waals surface area (Å²) in [5, 5.41) is 14.9. The van der Waals surface area contributed by atoms with E-state index in [0.717, 1.165) is 72.5 Å². The van der Waals surface area contributed by atoms with Crippen LogP contribution < -0.4 is 10.1 Å². The quantitative estimate of drug-likeness (QED) is 0.379. The molecular weight excluding hydrogens is 436 g/mol. The number of piperidine rings is 1. The number of nitrogens with one attached hydrogen (secondary N) is 1. The zero-order valence-electron chi connectivity index (χ0n) is 21.1. The number of ether oxygens (including phenoxy) is 1. The number of hydrogen-bond donors (Lipinski definition) is 1. The first-order valence-electron chi connectivity index (χ1n) is 12.3. The van der Waals surface area contributed by atoms with Crippen LogP contribution in [-0.2, 0) is 13.0 Å². The average molecular weight is 473 g/mol. The molecule has 1 aromatic heterocycles. The van der Waals surface area contributed by atoms with Gasteiger partial charge in [-0.25, -0.2) is 0 Å². The van der Waals surface area contributed by atoms with Gasteiger partial charge in [-0.2, -0.15) is 5.10 Å². The highest BCUT2D eigenvalue weighted by molar-refractivity contribution is 6.83. The van der Waals surface area contributed by atoms with Gasteiger partial charge in [-0.3, -0.25) is 4.90 Å². The average Bonchev–Trinajstić information content (AvgIpc) is 2.84. The Bertz CT molecular complexity index is 1180. The van der Waals surface area contributed by atoms with Crippen molar-refractivity contribution in [2.24, 2.45) is 0 Å². The van der Waals surface area contributed by atoms with Gasteiger partial charge in [0.2, 0.25) is 0 Å². The predicted octanol–water partition coefficient (Wildman–Crippen LogP) is 5.51. The van der Waals surface area contributed by atoms with Gasteiger partial charge in [0.05, 0.1) is 12.8 Å². The fraction of sp³-hybridized carbons (Fsp3) is 0.429. The molecule has 0 spiro atoms. The first-order valence-corrected chi connectivity index (χ1v) is 15.8. The normalized spacial score (nSPS) is 15.1. The number of fused-ring (bicyclic) bond motifs is 1. The lowest BCUT2D eigenvalue weighted by atomic mass is 10.0. The van der Waals surface area contributed by atoms with Gasteiger partial charge in [0, 0.05) is 42.0 Å². The van der Waals surface area contributed by atoms with Crippen molar-refractivity contribution in [2.45, 2.75) is 58.4 Å². The number of methoxy groups -OCH3 is 1. The summed E-state index contributed by atoms with van der Waals surface area (Å²) >= 11 is 0. The fourth-order valence-corrected chi connectivity index (χ4v) is 4.84. The number of anilines is 1. The van der Waals surface area contributed by atoms with E-state index in [-0.39, 0.29) is 0 Å². The lowest BCUT2D eigenvalue weighted by molar-refractivity contribution is 0.211. The molecule has 2 heterocycles. The molecular formula is C28H36N4OSi. The van der Waals surface area contributed by atoms with Crippen molar-refractivity contribution in [3.8, 4) is 17.2 Å². The smallest absolute Gasteiger partial charge is 0.156 e. The molecule has 1 aliphatic heterocycles. The summed E-state index contributed by atoms with van der Waals surface area (Å²) in [6, 6.07) is 15.3. The Balaban J connectivity index is 1.36. The van der Waals surface area contributed by atoms with Gasteiger partial charge in [0.1, 0.15) is 13.8 Å². The molecule has 0 saturated carbocycles. The Kier molecular flexibility index (Phi) is 7.55. The number of rotatable bonds is 6. The van der Waals surface area contributed by atoms with Crippen LogP contribution in [0.4, 0.5) is 5.82 Å². The van der Waals surface area contributed by atoms with Crippen LogP contribution in [0.3, 0.4) is 0 Å². The molecule has 1 N–H and O–H groups in total. The van der Waals surface area contributed by atoms with Gasteiger partial charge in [-0.05, 0) is 55.2 Å². The van der Waals surface area contributed by atoms with Crippen molar-refractivity contribution in [1.82, 2.24) is 15.1 Å². The zero-order chi connectivity index (χ0) is 24.1. The Hall–Kier alpha value is -2.88. The molecule has 3 aromatic rings. The molecule has 0 radical (unpaired) electrons. The maximum atomic E-state index is 5.46. The number of benzene rings is 2. The van der Waals surface area contributed by atoms with Crippen LogP contribution in [0, 0.1) is 11.5 Å². The van der Waals surface area contributed by atoms with Crippen LogP contribution in [0.15, 0.2) is 42.5 Å². The summed E-state index contributed by atoms with van der Waals surface area (Å²) in [5.41, 5.74) is 6.94.